The molecule has 82 valence electrons. The molecule has 2 heterocycles. The van der Waals surface area contributed by atoms with Crippen LogP contribution in [0.2, 0.25) is 0 Å². The number of ketones is 1. The van der Waals surface area contributed by atoms with E-state index in [1.54, 1.807) is 29.7 Å². The van der Waals surface area contributed by atoms with Gasteiger partial charge in [0.2, 0.25) is 0 Å². The molecule has 0 radical (unpaired) electrons. The van der Waals surface area contributed by atoms with E-state index < -0.39 is 0 Å². The van der Waals surface area contributed by atoms with Crippen molar-refractivity contribution in [2.45, 2.75) is 13.0 Å². The number of aromatic nitrogens is 1. The molecule has 0 saturated heterocycles. The van der Waals surface area contributed by atoms with Gasteiger partial charge in [-0.05, 0) is 23.6 Å². The minimum absolute atomic E-state index is 0.111. The van der Waals surface area contributed by atoms with Crippen molar-refractivity contribution in [3.05, 3.63) is 52.0 Å². The van der Waals surface area contributed by atoms with Crippen molar-refractivity contribution in [2.24, 2.45) is 5.73 Å². The normalized spacial score (nSPS) is 10.3. The van der Waals surface area contributed by atoms with Crippen LogP contribution in [0.15, 0.2) is 35.8 Å². The molecule has 16 heavy (non-hydrogen) atoms. The van der Waals surface area contributed by atoms with Crippen molar-refractivity contribution >= 4 is 17.1 Å². The lowest BCUT2D eigenvalue weighted by Crippen LogP contribution is -2.06. The average molecular weight is 232 g/mol. The predicted molar refractivity (Wildman–Crippen MR) is 64.5 cm³/mol. The van der Waals surface area contributed by atoms with Crippen LogP contribution in [0.5, 0.6) is 0 Å². The van der Waals surface area contributed by atoms with Crippen LogP contribution in [0.4, 0.5) is 0 Å². The van der Waals surface area contributed by atoms with Crippen LogP contribution in [0.1, 0.15) is 20.9 Å². The molecule has 4 heteroatoms. The highest BCUT2D eigenvalue weighted by molar-refractivity contribution is 7.10. The lowest BCUT2D eigenvalue weighted by Gasteiger charge is -2.01. The molecule has 0 aliphatic carbocycles. The van der Waals surface area contributed by atoms with E-state index in [1.165, 1.54) is 0 Å². The van der Waals surface area contributed by atoms with E-state index in [2.05, 4.69) is 4.98 Å². The van der Waals surface area contributed by atoms with Crippen molar-refractivity contribution < 1.29 is 4.79 Å². The Hall–Kier alpha value is -1.52. The van der Waals surface area contributed by atoms with E-state index in [9.17, 15) is 4.79 Å². The zero-order valence-corrected chi connectivity index (χ0v) is 9.54. The molecule has 0 aliphatic rings. The molecule has 2 N–H and O–H groups in total. The summed E-state index contributed by atoms with van der Waals surface area (Å²) in [5.41, 5.74) is 6.91. The van der Waals surface area contributed by atoms with Gasteiger partial charge in [-0.25, -0.2) is 0 Å². The molecule has 2 aromatic heterocycles. The third-order valence-electron chi connectivity index (χ3n) is 2.26. The van der Waals surface area contributed by atoms with E-state index >= 15 is 0 Å². The number of rotatable bonds is 4. The van der Waals surface area contributed by atoms with Gasteiger partial charge >= 0.3 is 0 Å². The smallest absolute Gasteiger partial charge is 0.168 e. The largest absolute Gasteiger partial charge is 0.325 e. The SMILES string of the molecule is NCc1cc(C(=O)Cc2cccs2)ccn1. The minimum Gasteiger partial charge on any atom is -0.325 e. The summed E-state index contributed by atoms with van der Waals surface area (Å²) in [6.07, 6.45) is 2.08. The van der Waals surface area contributed by atoms with Crippen LogP contribution in [0.25, 0.3) is 0 Å². The van der Waals surface area contributed by atoms with E-state index in [4.69, 9.17) is 5.73 Å². The van der Waals surface area contributed by atoms with Crippen LogP contribution < -0.4 is 5.73 Å². The monoisotopic (exact) mass is 232 g/mol. The van der Waals surface area contributed by atoms with Gasteiger partial charge in [-0.3, -0.25) is 9.78 Å². The molecular weight excluding hydrogens is 220 g/mol. The highest BCUT2D eigenvalue weighted by atomic mass is 32.1. The standard InChI is InChI=1S/C12H12N2OS/c13-8-10-6-9(3-4-14-10)12(15)7-11-2-1-5-16-11/h1-6H,7-8,13H2. The lowest BCUT2D eigenvalue weighted by atomic mass is 10.1. The Bertz CT molecular complexity index is 480. The second kappa shape index (κ2) is 5.01. The first-order valence-electron chi connectivity index (χ1n) is 5.00. The van der Waals surface area contributed by atoms with Gasteiger partial charge in [0.05, 0.1) is 5.69 Å². The van der Waals surface area contributed by atoms with Crippen LogP contribution in [-0.4, -0.2) is 10.8 Å². The van der Waals surface area contributed by atoms with Crippen LogP contribution in [-0.2, 0) is 13.0 Å². The fourth-order valence-corrected chi connectivity index (χ4v) is 2.14. The lowest BCUT2D eigenvalue weighted by molar-refractivity contribution is 0.0993. The minimum atomic E-state index is 0.111. The third kappa shape index (κ3) is 2.53. The molecular formula is C12H12N2OS. The summed E-state index contributed by atoms with van der Waals surface area (Å²) in [7, 11) is 0. The molecule has 3 nitrogen and oxygen atoms in total. The molecule has 0 aromatic carbocycles. The van der Waals surface area contributed by atoms with E-state index in [0.717, 1.165) is 10.6 Å². The van der Waals surface area contributed by atoms with Gasteiger partial charge in [-0.2, -0.15) is 0 Å². The fourth-order valence-electron chi connectivity index (χ4n) is 1.44. The van der Waals surface area contributed by atoms with Crippen LogP contribution in [0, 0.1) is 0 Å². The maximum absolute atomic E-state index is 11.9. The van der Waals surface area contributed by atoms with E-state index in [1.807, 2.05) is 17.5 Å². The first-order valence-corrected chi connectivity index (χ1v) is 5.88. The summed E-state index contributed by atoms with van der Waals surface area (Å²) in [6, 6.07) is 7.41. The van der Waals surface area contributed by atoms with Gasteiger partial charge < -0.3 is 5.73 Å². The number of nitrogens with zero attached hydrogens (tertiary/aromatic N) is 1. The highest BCUT2D eigenvalue weighted by Gasteiger charge is 2.08. The van der Waals surface area contributed by atoms with Gasteiger partial charge in [0, 0.05) is 29.6 Å². The summed E-state index contributed by atoms with van der Waals surface area (Å²) >= 11 is 1.59. The maximum atomic E-state index is 11.9. The number of pyridine rings is 1. The summed E-state index contributed by atoms with van der Waals surface area (Å²) in [5.74, 6) is 0.111. The fraction of sp³-hybridized carbons (Fsp3) is 0.167. The third-order valence-corrected chi connectivity index (χ3v) is 3.14. The van der Waals surface area contributed by atoms with Crippen molar-refractivity contribution in [3.63, 3.8) is 0 Å². The Morgan fingerprint density at radius 3 is 3.00 bits per heavy atom. The molecule has 0 aliphatic heterocycles. The number of carbonyl (C=O) groups is 1. The van der Waals surface area contributed by atoms with Gasteiger partial charge in [0.25, 0.3) is 0 Å². The van der Waals surface area contributed by atoms with Crippen LogP contribution >= 0.6 is 11.3 Å². The van der Waals surface area contributed by atoms with E-state index in [-0.39, 0.29) is 5.78 Å². The van der Waals surface area contributed by atoms with Crippen molar-refractivity contribution in [1.29, 1.82) is 0 Å². The summed E-state index contributed by atoms with van der Waals surface area (Å²) in [6.45, 7) is 0.361. The number of hydrogen-bond acceptors (Lipinski definition) is 4. The predicted octanol–water partition coefficient (Wildman–Crippen LogP) is 2.03. The van der Waals surface area contributed by atoms with Gasteiger partial charge in [0.1, 0.15) is 0 Å². The highest BCUT2D eigenvalue weighted by Crippen LogP contribution is 2.13. The van der Waals surface area contributed by atoms with Crippen molar-refractivity contribution in [1.82, 2.24) is 4.98 Å². The van der Waals surface area contributed by atoms with Crippen LogP contribution in [0.3, 0.4) is 0 Å². The number of nitrogens with two attached hydrogens (primary N) is 1. The number of hydrogen-bond donors (Lipinski definition) is 1. The molecule has 2 rings (SSSR count). The molecule has 0 atom stereocenters. The Morgan fingerprint density at radius 1 is 1.44 bits per heavy atom. The molecule has 0 fully saturated rings. The first-order chi connectivity index (χ1) is 7.79. The second-order valence-corrected chi connectivity index (χ2v) is 4.45. The average Bonchev–Trinajstić information content (AvgIpc) is 2.82. The summed E-state index contributed by atoms with van der Waals surface area (Å²) < 4.78 is 0. The Morgan fingerprint density at radius 2 is 2.31 bits per heavy atom. The maximum Gasteiger partial charge on any atom is 0.168 e. The molecule has 0 spiro atoms. The summed E-state index contributed by atoms with van der Waals surface area (Å²) in [4.78, 5) is 17.1. The molecule has 2 aromatic rings. The Labute approximate surface area is 97.9 Å². The van der Waals surface area contributed by atoms with Crippen molar-refractivity contribution in [2.75, 3.05) is 0 Å². The Balaban J connectivity index is 2.14. The second-order valence-electron chi connectivity index (χ2n) is 3.42. The number of Topliss-reactive ketones (excluding diaryl/α,β-unsaturated/α-hetero) is 1. The topological polar surface area (TPSA) is 56.0 Å². The Kier molecular flexibility index (Phi) is 3.44. The molecule has 0 saturated carbocycles. The zero-order valence-electron chi connectivity index (χ0n) is 8.72. The zero-order chi connectivity index (χ0) is 11.4. The van der Waals surface area contributed by atoms with E-state index in [0.29, 0.717) is 18.5 Å². The van der Waals surface area contributed by atoms with Gasteiger partial charge in [-0.15, -0.1) is 11.3 Å². The number of carbonyl (C=O) groups excluding carboxylic acids is 1. The van der Waals surface area contributed by atoms with Gasteiger partial charge in [-0.1, -0.05) is 6.07 Å². The number of thiophene rings is 1. The quantitative estimate of drug-likeness (QED) is 0.820. The molecule has 0 bridgehead atoms. The first kappa shape index (κ1) is 11.0. The van der Waals surface area contributed by atoms with Gasteiger partial charge in [0.15, 0.2) is 5.78 Å². The van der Waals surface area contributed by atoms with Crippen molar-refractivity contribution in [3.8, 4) is 0 Å². The molecule has 0 unspecified atom stereocenters. The summed E-state index contributed by atoms with van der Waals surface area (Å²) in [5, 5.41) is 1.97. The molecule has 0 amide bonds.